The first-order valence-corrected chi connectivity index (χ1v) is 10.9. The largest absolute Gasteiger partial charge is 0.321 e. The van der Waals surface area contributed by atoms with Crippen molar-refractivity contribution < 1.29 is 0 Å². The second-order valence-corrected chi connectivity index (χ2v) is 11.7. The monoisotopic (exact) mass is 276 g/mol. The number of hydrogen-bond donors (Lipinski definition) is 1. The van der Waals surface area contributed by atoms with Gasteiger partial charge in [0, 0.05) is 26.2 Å². The highest BCUT2D eigenvalue weighted by Crippen LogP contribution is 2.53. The molecule has 3 aliphatic rings. The minimum Gasteiger partial charge on any atom is -0.321 e. The maximum absolute atomic E-state index is 3.50. The lowest BCUT2D eigenvalue weighted by atomic mass is 9.92. The Bertz CT molecular complexity index is 382. The summed E-state index contributed by atoms with van der Waals surface area (Å²) in [7, 11) is -1.33. The van der Waals surface area contributed by atoms with Crippen molar-refractivity contribution in [1.29, 1.82) is 0 Å². The van der Waals surface area contributed by atoms with E-state index in [4.69, 9.17) is 0 Å². The Morgan fingerprint density at radius 3 is 2.53 bits per heavy atom. The molecule has 2 aliphatic carbocycles. The molecular formula is C16H28N2Si. The van der Waals surface area contributed by atoms with Crippen LogP contribution in [0.15, 0.2) is 24.3 Å². The van der Waals surface area contributed by atoms with E-state index in [1.807, 2.05) is 0 Å². The van der Waals surface area contributed by atoms with Gasteiger partial charge in [-0.15, -0.1) is 0 Å². The van der Waals surface area contributed by atoms with E-state index in [-0.39, 0.29) is 0 Å². The Labute approximate surface area is 119 Å². The molecule has 0 aromatic carbocycles. The molecule has 0 bridgehead atoms. The molecule has 0 spiro atoms. The van der Waals surface area contributed by atoms with Crippen LogP contribution < -0.4 is 5.32 Å². The average Bonchev–Trinajstić information content (AvgIpc) is 2.76. The number of allylic oxidation sites excluding steroid dienone is 4. The van der Waals surface area contributed by atoms with Crippen LogP contribution in [0.5, 0.6) is 0 Å². The van der Waals surface area contributed by atoms with Crippen LogP contribution in [-0.2, 0) is 0 Å². The summed E-state index contributed by atoms with van der Waals surface area (Å²) in [6, 6.07) is 0. The number of rotatable bonds is 2. The molecule has 1 aliphatic heterocycles. The first-order chi connectivity index (χ1) is 9.10. The van der Waals surface area contributed by atoms with Crippen LogP contribution in [0.3, 0.4) is 0 Å². The van der Waals surface area contributed by atoms with Gasteiger partial charge in [-0.05, 0) is 29.7 Å². The molecule has 106 valence electrons. The van der Waals surface area contributed by atoms with Crippen LogP contribution in [-0.4, -0.2) is 39.0 Å². The van der Waals surface area contributed by atoms with Crippen molar-refractivity contribution >= 4 is 8.24 Å². The van der Waals surface area contributed by atoms with Crippen molar-refractivity contribution in [3.8, 4) is 0 Å². The van der Waals surface area contributed by atoms with E-state index in [1.165, 1.54) is 32.6 Å². The van der Waals surface area contributed by atoms with E-state index in [0.717, 1.165) is 23.3 Å². The topological polar surface area (TPSA) is 15.3 Å². The van der Waals surface area contributed by atoms with Crippen LogP contribution in [0.1, 0.15) is 13.3 Å². The fourth-order valence-electron chi connectivity index (χ4n) is 4.87. The molecule has 1 N–H and O–H groups in total. The summed E-state index contributed by atoms with van der Waals surface area (Å²) >= 11 is 0. The lowest BCUT2D eigenvalue weighted by Crippen LogP contribution is -2.60. The van der Waals surface area contributed by atoms with Crippen LogP contribution in [0.2, 0.25) is 18.6 Å². The van der Waals surface area contributed by atoms with Gasteiger partial charge in [-0.1, -0.05) is 44.3 Å². The van der Waals surface area contributed by atoms with E-state index < -0.39 is 8.24 Å². The number of fused-ring (bicyclic) bond motifs is 1. The van der Waals surface area contributed by atoms with E-state index in [9.17, 15) is 0 Å². The Kier molecular flexibility index (Phi) is 3.71. The zero-order valence-electron chi connectivity index (χ0n) is 12.6. The van der Waals surface area contributed by atoms with E-state index >= 15 is 0 Å². The van der Waals surface area contributed by atoms with Gasteiger partial charge in [0.05, 0.1) is 0 Å². The molecule has 0 radical (unpaired) electrons. The number of piperazine rings is 1. The van der Waals surface area contributed by atoms with Crippen molar-refractivity contribution in [2.75, 3.05) is 26.2 Å². The molecular weight excluding hydrogens is 248 g/mol. The molecule has 4 unspecified atom stereocenters. The third kappa shape index (κ3) is 2.37. The first-order valence-electron chi connectivity index (χ1n) is 7.91. The minimum atomic E-state index is -1.33. The fraction of sp³-hybridized carbons (Fsp3) is 0.750. The van der Waals surface area contributed by atoms with E-state index in [0.29, 0.717) is 0 Å². The molecule has 3 rings (SSSR count). The maximum Gasteiger partial charge on any atom is 0.126 e. The summed E-state index contributed by atoms with van der Waals surface area (Å²) in [5.74, 6) is 2.52. The fourth-order valence-corrected chi connectivity index (χ4v) is 9.49. The van der Waals surface area contributed by atoms with Crippen LogP contribution in [0, 0.1) is 17.8 Å². The smallest absolute Gasteiger partial charge is 0.126 e. The highest BCUT2D eigenvalue weighted by atomic mass is 28.3. The van der Waals surface area contributed by atoms with Gasteiger partial charge in [0.25, 0.3) is 0 Å². The number of nitrogens with one attached hydrogen (secondary N) is 1. The van der Waals surface area contributed by atoms with Gasteiger partial charge < -0.3 is 9.88 Å². The summed E-state index contributed by atoms with van der Waals surface area (Å²) in [6.45, 7) is 12.6. The van der Waals surface area contributed by atoms with Crippen LogP contribution in [0.4, 0.5) is 0 Å². The molecule has 0 aromatic rings. The highest BCUT2D eigenvalue weighted by molar-refractivity contribution is 6.76. The third-order valence-corrected chi connectivity index (χ3v) is 10.4. The molecule has 0 amide bonds. The van der Waals surface area contributed by atoms with Crippen LogP contribution in [0.25, 0.3) is 0 Å². The Hall–Kier alpha value is -0.383. The van der Waals surface area contributed by atoms with Gasteiger partial charge in [0.15, 0.2) is 0 Å². The molecule has 0 aromatic heterocycles. The van der Waals surface area contributed by atoms with E-state index in [2.05, 4.69) is 54.2 Å². The number of hydrogen-bond acceptors (Lipinski definition) is 2. The molecule has 1 heterocycles. The Morgan fingerprint density at radius 1 is 1.11 bits per heavy atom. The quantitative estimate of drug-likeness (QED) is 0.780. The van der Waals surface area contributed by atoms with Gasteiger partial charge in [-0.2, -0.15) is 0 Å². The summed E-state index contributed by atoms with van der Waals surface area (Å²) in [5, 5.41) is 3.50. The number of nitrogens with zero attached hydrogens (tertiary/aromatic N) is 1. The van der Waals surface area contributed by atoms with Crippen molar-refractivity contribution in [1.82, 2.24) is 9.88 Å². The van der Waals surface area contributed by atoms with Crippen molar-refractivity contribution in [2.24, 2.45) is 17.8 Å². The molecule has 1 saturated carbocycles. The summed E-state index contributed by atoms with van der Waals surface area (Å²) < 4.78 is 2.86. The normalized spacial score (nSPS) is 39.5. The second kappa shape index (κ2) is 5.19. The predicted molar refractivity (Wildman–Crippen MR) is 84.7 cm³/mol. The Morgan fingerprint density at radius 2 is 1.79 bits per heavy atom. The SMILES string of the molecule is CC1CC2C=CC=CC2C1[Si](C)(C)N1CCNCC1. The van der Waals surface area contributed by atoms with Crippen LogP contribution >= 0.6 is 0 Å². The highest BCUT2D eigenvalue weighted by Gasteiger charge is 2.50. The predicted octanol–water partition coefficient (Wildman–Crippen LogP) is 2.87. The maximum atomic E-state index is 3.50. The zero-order valence-corrected chi connectivity index (χ0v) is 13.6. The lowest BCUT2D eigenvalue weighted by molar-refractivity contribution is 0.341. The standard InChI is InChI=1S/C16H28N2Si/c1-13-12-14-6-4-5-7-15(14)16(13)19(2,3)18-10-8-17-9-11-18/h4-7,13-17H,8-12H2,1-3H3. The molecule has 19 heavy (non-hydrogen) atoms. The third-order valence-electron chi connectivity index (χ3n) is 5.72. The molecule has 3 heteroatoms. The van der Waals surface area contributed by atoms with Gasteiger partial charge in [-0.25, -0.2) is 0 Å². The van der Waals surface area contributed by atoms with Gasteiger partial charge in [0.2, 0.25) is 0 Å². The van der Waals surface area contributed by atoms with Crippen molar-refractivity contribution in [2.45, 2.75) is 32.0 Å². The molecule has 1 saturated heterocycles. The molecule has 4 atom stereocenters. The average molecular weight is 276 g/mol. The van der Waals surface area contributed by atoms with Crippen molar-refractivity contribution in [3.05, 3.63) is 24.3 Å². The van der Waals surface area contributed by atoms with Gasteiger partial charge in [-0.3, -0.25) is 0 Å². The minimum absolute atomic E-state index is 0.816. The van der Waals surface area contributed by atoms with Crippen molar-refractivity contribution in [3.63, 3.8) is 0 Å². The lowest BCUT2D eigenvalue weighted by Gasteiger charge is -2.46. The molecule has 2 fully saturated rings. The Balaban J connectivity index is 1.82. The zero-order chi connectivity index (χ0) is 13.5. The summed E-state index contributed by atoms with van der Waals surface area (Å²) in [5.41, 5.74) is 0.928. The molecule has 2 nitrogen and oxygen atoms in total. The first kappa shape index (κ1) is 13.6. The van der Waals surface area contributed by atoms with Gasteiger partial charge >= 0.3 is 0 Å². The van der Waals surface area contributed by atoms with Gasteiger partial charge in [0.1, 0.15) is 8.24 Å². The summed E-state index contributed by atoms with van der Waals surface area (Å²) in [6.07, 6.45) is 10.9. The second-order valence-electron chi connectivity index (χ2n) is 7.14. The van der Waals surface area contributed by atoms with E-state index in [1.54, 1.807) is 0 Å². The summed E-state index contributed by atoms with van der Waals surface area (Å²) in [4.78, 5) is 0.